The van der Waals surface area contributed by atoms with Crippen molar-refractivity contribution in [1.29, 1.82) is 0 Å². The van der Waals surface area contributed by atoms with E-state index in [1.807, 2.05) is 6.20 Å². The van der Waals surface area contributed by atoms with Crippen LogP contribution in [0.2, 0.25) is 0 Å². The van der Waals surface area contributed by atoms with Crippen molar-refractivity contribution >= 4 is 6.08 Å². The van der Waals surface area contributed by atoms with Crippen molar-refractivity contribution in [2.45, 2.75) is 65.1 Å². The molecular formula is C20H30N2O. The smallest absolute Gasteiger partial charge is 0.123 e. The molecule has 0 unspecified atom stereocenters. The Morgan fingerprint density at radius 3 is 2.74 bits per heavy atom. The van der Waals surface area contributed by atoms with Crippen LogP contribution in [0.4, 0.5) is 0 Å². The molecule has 1 aromatic carbocycles. The summed E-state index contributed by atoms with van der Waals surface area (Å²) in [6, 6.07) is 5.15. The lowest BCUT2D eigenvalue weighted by atomic mass is 9.92. The number of nitrogens with one attached hydrogen (secondary N) is 2. The minimum atomic E-state index is 0.370. The van der Waals surface area contributed by atoms with Gasteiger partial charge < -0.3 is 15.4 Å². The summed E-state index contributed by atoms with van der Waals surface area (Å²) in [6.07, 6.45) is 9.30. The highest BCUT2D eigenvalue weighted by atomic mass is 16.5. The van der Waals surface area contributed by atoms with Crippen molar-refractivity contribution in [3.63, 3.8) is 0 Å². The molecule has 1 aromatic rings. The third-order valence-corrected chi connectivity index (χ3v) is 4.89. The summed E-state index contributed by atoms with van der Waals surface area (Å²) in [5.41, 5.74) is 3.90. The minimum absolute atomic E-state index is 0.370. The molecule has 2 aliphatic rings. The fourth-order valence-corrected chi connectivity index (χ4v) is 3.48. The van der Waals surface area contributed by atoms with Crippen LogP contribution in [-0.2, 0) is 6.54 Å². The van der Waals surface area contributed by atoms with Gasteiger partial charge in [0.15, 0.2) is 0 Å². The van der Waals surface area contributed by atoms with Crippen molar-refractivity contribution in [3.8, 4) is 5.75 Å². The molecule has 0 saturated heterocycles. The highest BCUT2D eigenvalue weighted by Gasteiger charge is 2.23. The van der Waals surface area contributed by atoms with Crippen molar-refractivity contribution in [2.75, 3.05) is 6.54 Å². The van der Waals surface area contributed by atoms with Crippen molar-refractivity contribution in [3.05, 3.63) is 35.0 Å². The van der Waals surface area contributed by atoms with E-state index in [-0.39, 0.29) is 0 Å². The van der Waals surface area contributed by atoms with Gasteiger partial charge in [-0.05, 0) is 80.1 Å². The van der Waals surface area contributed by atoms with E-state index in [0.29, 0.717) is 12.1 Å². The molecule has 3 heteroatoms. The quantitative estimate of drug-likeness (QED) is 0.861. The molecular weight excluding hydrogens is 284 g/mol. The van der Waals surface area contributed by atoms with Gasteiger partial charge in [-0.25, -0.2) is 0 Å². The Labute approximate surface area is 140 Å². The van der Waals surface area contributed by atoms with Crippen LogP contribution in [0.15, 0.2) is 18.3 Å². The summed E-state index contributed by atoms with van der Waals surface area (Å²) in [6.45, 7) is 8.74. The maximum Gasteiger partial charge on any atom is 0.123 e. The van der Waals surface area contributed by atoms with Crippen LogP contribution in [0.5, 0.6) is 5.75 Å². The Morgan fingerprint density at radius 1 is 1.22 bits per heavy atom. The zero-order chi connectivity index (χ0) is 16.2. The standard InChI is InChI=1S/C20H30N2O/c1-14(2)12-22-18-4-6-19(7-5-18)23-20-11-16-8-9-21-13-17(16)10-15(20)3/h8-11,14,18-19,21-22H,4-7,12-13H2,1-3H3. The number of fused-ring (bicyclic) bond motifs is 1. The Bertz CT molecular complexity index is 557. The highest BCUT2D eigenvalue weighted by Crippen LogP contribution is 2.30. The summed E-state index contributed by atoms with van der Waals surface area (Å²) in [7, 11) is 0. The number of rotatable bonds is 5. The van der Waals surface area contributed by atoms with Gasteiger partial charge in [-0.1, -0.05) is 19.9 Å². The second-order valence-corrected chi connectivity index (χ2v) is 7.42. The molecule has 3 rings (SSSR count). The SMILES string of the molecule is Cc1cc2c(cc1OC1CCC(NCC(C)C)CC1)C=CNC2. The van der Waals surface area contributed by atoms with E-state index < -0.39 is 0 Å². The van der Waals surface area contributed by atoms with E-state index in [1.54, 1.807) is 0 Å². The molecule has 3 nitrogen and oxygen atoms in total. The fraction of sp³-hybridized carbons (Fsp3) is 0.600. The zero-order valence-corrected chi connectivity index (χ0v) is 14.7. The normalized spacial score (nSPS) is 23.5. The van der Waals surface area contributed by atoms with Crippen LogP contribution < -0.4 is 15.4 Å². The van der Waals surface area contributed by atoms with Gasteiger partial charge in [0.05, 0.1) is 6.10 Å². The zero-order valence-electron chi connectivity index (χ0n) is 14.7. The summed E-state index contributed by atoms with van der Waals surface area (Å²) >= 11 is 0. The summed E-state index contributed by atoms with van der Waals surface area (Å²) < 4.78 is 6.34. The van der Waals surface area contributed by atoms with Gasteiger partial charge in [0.2, 0.25) is 0 Å². The number of benzene rings is 1. The molecule has 1 fully saturated rings. The van der Waals surface area contributed by atoms with Gasteiger partial charge in [-0.2, -0.15) is 0 Å². The average molecular weight is 314 g/mol. The van der Waals surface area contributed by atoms with Crippen molar-refractivity contribution in [2.24, 2.45) is 5.92 Å². The third-order valence-electron chi connectivity index (χ3n) is 4.89. The Kier molecular flexibility index (Phi) is 5.27. The lowest BCUT2D eigenvalue weighted by molar-refractivity contribution is 0.138. The molecule has 23 heavy (non-hydrogen) atoms. The van der Waals surface area contributed by atoms with Gasteiger partial charge in [-0.15, -0.1) is 0 Å². The molecule has 126 valence electrons. The molecule has 1 aliphatic heterocycles. The maximum atomic E-state index is 6.34. The Balaban J connectivity index is 1.56. The summed E-state index contributed by atoms with van der Waals surface area (Å²) in [5, 5.41) is 6.95. The Morgan fingerprint density at radius 2 is 2.00 bits per heavy atom. The van der Waals surface area contributed by atoms with Gasteiger partial charge in [-0.3, -0.25) is 0 Å². The van der Waals surface area contributed by atoms with E-state index in [9.17, 15) is 0 Å². The maximum absolute atomic E-state index is 6.34. The predicted octanol–water partition coefficient (Wildman–Crippen LogP) is 4.00. The first-order valence-electron chi connectivity index (χ1n) is 9.05. The molecule has 2 N–H and O–H groups in total. The summed E-state index contributed by atoms with van der Waals surface area (Å²) in [4.78, 5) is 0. The van der Waals surface area contributed by atoms with Crippen LogP contribution in [0.1, 0.15) is 56.2 Å². The first-order chi connectivity index (χ1) is 11.1. The molecule has 0 amide bonds. The van der Waals surface area contributed by atoms with E-state index >= 15 is 0 Å². The third kappa shape index (κ3) is 4.29. The molecule has 0 bridgehead atoms. The summed E-state index contributed by atoms with van der Waals surface area (Å²) in [5.74, 6) is 1.79. The second-order valence-electron chi connectivity index (χ2n) is 7.42. The van der Waals surface area contributed by atoms with Crippen LogP contribution in [0.25, 0.3) is 6.08 Å². The second kappa shape index (κ2) is 7.39. The van der Waals surface area contributed by atoms with Crippen LogP contribution >= 0.6 is 0 Å². The molecule has 1 heterocycles. The minimum Gasteiger partial charge on any atom is -0.490 e. The molecule has 1 saturated carbocycles. The number of ether oxygens (including phenoxy) is 1. The molecule has 0 aromatic heterocycles. The van der Waals surface area contributed by atoms with Gasteiger partial charge in [0, 0.05) is 12.6 Å². The lowest BCUT2D eigenvalue weighted by Gasteiger charge is -2.30. The number of aryl methyl sites for hydroxylation is 1. The first kappa shape index (κ1) is 16.4. The molecule has 1 aliphatic carbocycles. The fourth-order valence-electron chi connectivity index (χ4n) is 3.48. The monoisotopic (exact) mass is 314 g/mol. The van der Waals surface area contributed by atoms with Gasteiger partial charge in [0.1, 0.15) is 5.75 Å². The van der Waals surface area contributed by atoms with Crippen molar-refractivity contribution in [1.82, 2.24) is 10.6 Å². The van der Waals surface area contributed by atoms with Crippen LogP contribution in [-0.4, -0.2) is 18.7 Å². The lowest BCUT2D eigenvalue weighted by Crippen LogP contribution is -2.38. The van der Waals surface area contributed by atoms with Crippen molar-refractivity contribution < 1.29 is 4.74 Å². The van der Waals surface area contributed by atoms with E-state index in [0.717, 1.165) is 37.6 Å². The van der Waals surface area contributed by atoms with Gasteiger partial charge >= 0.3 is 0 Å². The first-order valence-corrected chi connectivity index (χ1v) is 9.05. The number of hydrogen-bond donors (Lipinski definition) is 2. The van der Waals surface area contributed by atoms with E-state index in [1.165, 1.54) is 29.5 Å². The van der Waals surface area contributed by atoms with Crippen LogP contribution in [0.3, 0.4) is 0 Å². The predicted molar refractivity (Wildman–Crippen MR) is 96.6 cm³/mol. The van der Waals surface area contributed by atoms with E-state index in [2.05, 4.69) is 49.6 Å². The molecule has 0 spiro atoms. The highest BCUT2D eigenvalue weighted by molar-refractivity contribution is 5.59. The van der Waals surface area contributed by atoms with E-state index in [4.69, 9.17) is 4.74 Å². The molecule has 0 radical (unpaired) electrons. The largest absolute Gasteiger partial charge is 0.490 e. The van der Waals surface area contributed by atoms with Crippen LogP contribution in [0, 0.1) is 12.8 Å². The number of hydrogen-bond acceptors (Lipinski definition) is 3. The van der Waals surface area contributed by atoms with Gasteiger partial charge in [0.25, 0.3) is 0 Å². The molecule has 0 atom stereocenters. The topological polar surface area (TPSA) is 33.3 Å². The average Bonchev–Trinajstić information content (AvgIpc) is 2.55. The Hall–Kier alpha value is -1.48.